The van der Waals surface area contributed by atoms with Crippen LogP contribution in [0.15, 0.2) is 27.6 Å². The molecule has 1 aromatic rings. The molecule has 8 nitrogen and oxygen atoms in total. The minimum Gasteiger partial charge on any atom is -0.481 e. The molecule has 0 saturated heterocycles. The predicted molar refractivity (Wildman–Crippen MR) is 106 cm³/mol. The zero-order valence-corrected chi connectivity index (χ0v) is 18.9. The summed E-state index contributed by atoms with van der Waals surface area (Å²) in [5.74, 6) is -3.68. The van der Waals surface area contributed by atoms with Crippen molar-refractivity contribution in [2.75, 3.05) is 7.11 Å². The summed E-state index contributed by atoms with van der Waals surface area (Å²) in [6, 6.07) is 4.31. The van der Waals surface area contributed by atoms with E-state index in [1.807, 2.05) is 0 Å². The van der Waals surface area contributed by atoms with Crippen LogP contribution >= 0.6 is 15.9 Å². The number of primary amides is 1. The number of halogens is 4. The number of carboxylic acids is 1. The van der Waals surface area contributed by atoms with Gasteiger partial charge >= 0.3 is 12.1 Å². The molecular formula is C19H18BrF3N2O6S. The normalized spacial score (nSPS) is 32.3. The molecule has 0 radical (unpaired) electrons. The average Bonchev–Trinajstić information content (AvgIpc) is 3.32. The Bertz CT molecular complexity index is 1130. The highest BCUT2D eigenvalue weighted by molar-refractivity contribution is 9.10. The van der Waals surface area contributed by atoms with Gasteiger partial charge in [0.2, 0.25) is 5.91 Å². The number of carbonyl (C=O) groups is 2. The molecule has 5 atom stereocenters. The SMILES string of the molecule is CO[C@H]1C[C@@H](S(=O)(=O)c2ccc(Br)cc2C(F)(F)F)C[C@]1(C(=O)O)C1CC1(C#N)C(N)=O. The number of nitriles is 1. The first-order valence-corrected chi connectivity index (χ1v) is 11.6. The number of carbonyl (C=O) groups excluding carboxylic acids is 1. The maximum Gasteiger partial charge on any atom is 0.417 e. The van der Waals surface area contributed by atoms with Gasteiger partial charge in [0.05, 0.1) is 27.9 Å². The van der Waals surface area contributed by atoms with E-state index in [1.165, 1.54) is 0 Å². The molecule has 3 N–H and O–H groups in total. The van der Waals surface area contributed by atoms with Gasteiger partial charge < -0.3 is 15.6 Å². The standard InChI is InChI=1S/C19H18BrF3N2O6S/c1-31-14-5-10(6-18(14,16(27)28)13-7-17(13,8-24)15(25)26)32(29,30)12-3-2-9(20)4-11(12)19(21,22)23/h2-4,10,13-14H,5-7H2,1H3,(H2,25,26)(H,27,28)/t10-,13?,14+,17?,18+/m1/s1. The number of alkyl halides is 3. The highest BCUT2D eigenvalue weighted by Gasteiger charge is 2.75. The maximum absolute atomic E-state index is 13.6. The largest absolute Gasteiger partial charge is 0.481 e. The minimum absolute atomic E-state index is 0.0168. The second kappa shape index (κ2) is 7.71. The van der Waals surface area contributed by atoms with Gasteiger partial charge in [-0.2, -0.15) is 18.4 Å². The lowest BCUT2D eigenvalue weighted by molar-refractivity contribution is -0.159. The summed E-state index contributed by atoms with van der Waals surface area (Å²) >= 11 is 2.89. The van der Waals surface area contributed by atoms with Crippen LogP contribution < -0.4 is 5.73 Å². The van der Waals surface area contributed by atoms with E-state index in [0.717, 1.165) is 19.2 Å². The molecule has 0 bridgehead atoms. The summed E-state index contributed by atoms with van der Waals surface area (Å²) in [5, 5.41) is 17.9. The first-order chi connectivity index (χ1) is 14.7. The molecule has 2 fully saturated rings. The van der Waals surface area contributed by atoms with Gasteiger partial charge in [0.15, 0.2) is 9.84 Å². The van der Waals surface area contributed by atoms with E-state index in [0.29, 0.717) is 6.07 Å². The lowest BCUT2D eigenvalue weighted by atomic mass is 9.75. The van der Waals surface area contributed by atoms with Crippen molar-refractivity contribution in [2.24, 2.45) is 22.5 Å². The Balaban J connectivity index is 2.10. The highest BCUT2D eigenvalue weighted by atomic mass is 79.9. The van der Waals surface area contributed by atoms with E-state index in [1.54, 1.807) is 6.07 Å². The molecule has 2 aliphatic carbocycles. The second-order valence-corrected chi connectivity index (χ2v) is 11.1. The fourth-order valence-corrected chi connectivity index (χ4v) is 7.19. The number of hydrogen-bond donors (Lipinski definition) is 2. The number of amides is 1. The topological polar surface area (TPSA) is 148 Å². The van der Waals surface area contributed by atoms with Gasteiger partial charge in [0.1, 0.15) is 10.8 Å². The Morgan fingerprint density at radius 1 is 1.34 bits per heavy atom. The lowest BCUT2D eigenvalue weighted by Crippen LogP contribution is -2.44. The number of benzene rings is 1. The minimum atomic E-state index is -4.98. The van der Waals surface area contributed by atoms with Crippen molar-refractivity contribution in [3.63, 3.8) is 0 Å². The van der Waals surface area contributed by atoms with E-state index < -0.39 is 79.3 Å². The van der Waals surface area contributed by atoms with E-state index in [9.17, 15) is 41.5 Å². The van der Waals surface area contributed by atoms with Crippen LogP contribution in [0.2, 0.25) is 0 Å². The van der Waals surface area contributed by atoms with Crippen molar-refractivity contribution >= 4 is 37.6 Å². The second-order valence-electron chi connectivity index (χ2n) is 8.02. The number of nitrogens with two attached hydrogens (primary N) is 1. The molecule has 0 spiro atoms. The van der Waals surface area contributed by atoms with Crippen molar-refractivity contribution < 1.29 is 41.0 Å². The van der Waals surface area contributed by atoms with Crippen LogP contribution in [-0.2, 0) is 30.3 Å². The molecule has 2 saturated carbocycles. The van der Waals surface area contributed by atoms with Crippen molar-refractivity contribution in [3.05, 3.63) is 28.2 Å². The summed E-state index contributed by atoms with van der Waals surface area (Å²) in [7, 11) is -3.53. The summed E-state index contributed by atoms with van der Waals surface area (Å²) in [4.78, 5) is 23.2. The van der Waals surface area contributed by atoms with Gasteiger partial charge in [-0.1, -0.05) is 15.9 Å². The van der Waals surface area contributed by atoms with Crippen molar-refractivity contribution in [1.82, 2.24) is 0 Å². The van der Waals surface area contributed by atoms with Gasteiger partial charge in [-0.25, -0.2) is 8.42 Å². The summed E-state index contributed by atoms with van der Waals surface area (Å²) in [6.45, 7) is 0. The van der Waals surface area contributed by atoms with Crippen molar-refractivity contribution in [2.45, 2.75) is 41.7 Å². The van der Waals surface area contributed by atoms with Gasteiger partial charge in [-0.3, -0.25) is 9.59 Å². The first kappa shape index (κ1) is 24.5. The molecule has 2 aliphatic rings. The first-order valence-electron chi connectivity index (χ1n) is 9.26. The Morgan fingerprint density at radius 3 is 2.41 bits per heavy atom. The van der Waals surface area contributed by atoms with Gasteiger partial charge in [0.25, 0.3) is 0 Å². The summed E-state index contributed by atoms with van der Waals surface area (Å²) in [5.41, 5.74) is 0.128. The Kier molecular flexibility index (Phi) is 5.89. The third kappa shape index (κ3) is 3.48. The summed E-state index contributed by atoms with van der Waals surface area (Å²) in [6.07, 6.45) is -7.49. The highest BCUT2D eigenvalue weighted by Crippen LogP contribution is 2.66. The molecule has 1 amide bonds. The Labute approximate surface area is 189 Å². The average molecular weight is 539 g/mol. The number of methoxy groups -OCH3 is 1. The molecule has 0 heterocycles. The molecule has 32 heavy (non-hydrogen) atoms. The van der Waals surface area contributed by atoms with Crippen LogP contribution in [0, 0.1) is 28.1 Å². The molecular weight excluding hydrogens is 521 g/mol. The third-order valence-corrected chi connectivity index (χ3v) is 9.21. The molecule has 0 aromatic heterocycles. The lowest BCUT2D eigenvalue weighted by Gasteiger charge is -2.31. The van der Waals surface area contributed by atoms with Crippen LogP contribution in [0.3, 0.4) is 0 Å². The van der Waals surface area contributed by atoms with E-state index in [4.69, 9.17) is 10.5 Å². The van der Waals surface area contributed by atoms with E-state index in [2.05, 4.69) is 15.9 Å². The fourth-order valence-electron chi connectivity index (χ4n) is 4.81. The van der Waals surface area contributed by atoms with Crippen LogP contribution in [0.4, 0.5) is 13.2 Å². The maximum atomic E-state index is 13.6. The third-order valence-electron chi connectivity index (χ3n) is 6.51. The Hall–Kier alpha value is -2.17. The van der Waals surface area contributed by atoms with E-state index >= 15 is 0 Å². The van der Waals surface area contributed by atoms with Crippen molar-refractivity contribution in [1.29, 1.82) is 5.26 Å². The van der Waals surface area contributed by atoms with E-state index in [-0.39, 0.29) is 10.9 Å². The van der Waals surface area contributed by atoms with Crippen LogP contribution in [0.1, 0.15) is 24.8 Å². The number of aliphatic carboxylic acids is 1. The van der Waals surface area contributed by atoms with Gasteiger partial charge in [-0.15, -0.1) is 0 Å². The van der Waals surface area contributed by atoms with Gasteiger partial charge in [0, 0.05) is 17.5 Å². The monoisotopic (exact) mass is 538 g/mol. The fraction of sp³-hybridized carbons (Fsp3) is 0.526. The number of rotatable bonds is 6. The molecule has 2 unspecified atom stereocenters. The van der Waals surface area contributed by atoms with Crippen LogP contribution in [0.5, 0.6) is 0 Å². The molecule has 3 rings (SSSR count). The summed E-state index contributed by atoms with van der Waals surface area (Å²) < 4.78 is 72.5. The quantitative estimate of drug-likeness (QED) is 0.565. The molecule has 13 heteroatoms. The number of nitrogens with zero attached hydrogens (tertiary/aromatic N) is 1. The Morgan fingerprint density at radius 2 is 1.97 bits per heavy atom. The number of hydrogen-bond acceptors (Lipinski definition) is 6. The number of carboxylic acid groups (broad SMARTS) is 1. The van der Waals surface area contributed by atoms with Crippen LogP contribution in [-0.4, -0.2) is 43.9 Å². The smallest absolute Gasteiger partial charge is 0.417 e. The molecule has 1 aromatic carbocycles. The molecule has 174 valence electrons. The molecule has 0 aliphatic heterocycles. The number of ether oxygens (including phenoxy) is 1. The van der Waals surface area contributed by atoms with Crippen molar-refractivity contribution in [3.8, 4) is 6.07 Å². The van der Waals surface area contributed by atoms with Crippen LogP contribution in [0.25, 0.3) is 0 Å². The van der Waals surface area contributed by atoms with Gasteiger partial charge in [-0.05, 0) is 37.5 Å². The number of sulfone groups is 1. The predicted octanol–water partition coefficient (Wildman–Crippen LogP) is 2.51. The zero-order valence-electron chi connectivity index (χ0n) is 16.5. The zero-order chi connectivity index (χ0) is 24.3.